The molecular formula is C13H27N3O. The zero-order valence-corrected chi connectivity index (χ0v) is 11.7. The SMILES string of the molecule is CCCCN1CC(C)(C)CN(C)C(=O)C1CN. The summed E-state index contributed by atoms with van der Waals surface area (Å²) in [5.74, 6) is 0.175. The fourth-order valence-electron chi connectivity index (χ4n) is 2.69. The van der Waals surface area contributed by atoms with Gasteiger partial charge >= 0.3 is 0 Å². The number of likely N-dealkylation sites (N-methyl/N-ethyl adjacent to an activating group) is 1. The Morgan fingerprint density at radius 2 is 2.06 bits per heavy atom. The average Bonchev–Trinajstić information content (AvgIpc) is 2.32. The Hall–Kier alpha value is -0.610. The second-order valence-electron chi connectivity index (χ2n) is 5.93. The molecule has 0 aromatic carbocycles. The highest BCUT2D eigenvalue weighted by atomic mass is 16.2. The van der Waals surface area contributed by atoms with Crippen molar-refractivity contribution in [1.82, 2.24) is 9.80 Å². The van der Waals surface area contributed by atoms with Crippen molar-refractivity contribution >= 4 is 5.91 Å². The Labute approximate surface area is 105 Å². The molecule has 1 aliphatic heterocycles. The molecule has 17 heavy (non-hydrogen) atoms. The third kappa shape index (κ3) is 3.68. The van der Waals surface area contributed by atoms with Gasteiger partial charge in [0.2, 0.25) is 5.91 Å². The van der Waals surface area contributed by atoms with E-state index in [1.807, 2.05) is 11.9 Å². The average molecular weight is 241 g/mol. The molecule has 1 rings (SSSR count). The highest BCUT2D eigenvalue weighted by molar-refractivity contribution is 5.82. The van der Waals surface area contributed by atoms with Gasteiger partial charge in [-0.1, -0.05) is 27.2 Å². The highest BCUT2D eigenvalue weighted by Crippen LogP contribution is 2.24. The standard InChI is InChI=1S/C13H27N3O/c1-5-6-7-16-10-13(2,3)9-15(4)12(17)11(16)8-14/h11H,5-10,14H2,1-4H3. The van der Waals surface area contributed by atoms with Gasteiger partial charge in [-0.05, 0) is 18.4 Å². The lowest BCUT2D eigenvalue weighted by Gasteiger charge is -2.32. The normalized spacial score (nSPS) is 26.1. The molecule has 2 N–H and O–H groups in total. The van der Waals surface area contributed by atoms with Gasteiger partial charge in [0.05, 0.1) is 0 Å². The lowest BCUT2D eigenvalue weighted by Crippen LogP contribution is -2.49. The van der Waals surface area contributed by atoms with Gasteiger partial charge in [-0.15, -0.1) is 0 Å². The molecule has 100 valence electrons. The van der Waals surface area contributed by atoms with Crippen molar-refractivity contribution in [1.29, 1.82) is 0 Å². The molecule has 4 nitrogen and oxygen atoms in total. The Morgan fingerprint density at radius 1 is 1.41 bits per heavy atom. The largest absolute Gasteiger partial charge is 0.344 e. The van der Waals surface area contributed by atoms with E-state index in [1.165, 1.54) is 0 Å². The third-order valence-corrected chi connectivity index (χ3v) is 3.42. The second kappa shape index (κ2) is 5.83. The number of carbonyl (C=O) groups is 1. The molecule has 0 bridgehead atoms. The summed E-state index contributed by atoms with van der Waals surface area (Å²) in [7, 11) is 1.88. The van der Waals surface area contributed by atoms with Crippen LogP contribution in [0.25, 0.3) is 0 Å². The molecule has 0 radical (unpaired) electrons. The van der Waals surface area contributed by atoms with Crippen LogP contribution in [0.3, 0.4) is 0 Å². The zero-order valence-electron chi connectivity index (χ0n) is 11.7. The second-order valence-corrected chi connectivity index (χ2v) is 5.93. The first kappa shape index (κ1) is 14.5. The molecule has 0 aliphatic carbocycles. The Morgan fingerprint density at radius 3 is 2.59 bits per heavy atom. The molecular weight excluding hydrogens is 214 g/mol. The topological polar surface area (TPSA) is 49.6 Å². The van der Waals surface area contributed by atoms with Crippen LogP contribution < -0.4 is 5.73 Å². The number of amides is 1. The van der Waals surface area contributed by atoms with Crippen LogP contribution in [0.5, 0.6) is 0 Å². The van der Waals surface area contributed by atoms with Gasteiger partial charge in [0.15, 0.2) is 0 Å². The first-order valence-electron chi connectivity index (χ1n) is 6.60. The molecule has 4 heteroatoms. The number of nitrogens with two attached hydrogens (primary N) is 1. The molecule has 1 atom stereocenters. The molecule has 1 fully saturated rings. The van der Waals surface area contributed by atoms with Crippen molar-refractivity contribution in [2.45, 2.75) is 39.7 Å². The quantitative estimate of drug-likeness (QED) is 0.796. The molecule has 1 unspecified atom stereocenters. The van der Waals surface area contributed by atoms with Crippen molar-refractivity contribution in [2.24, 2.45) is 11.1 Å². The number of hydrogen-bond donors (Lipinski definition) is 1. The summed E-state index contributed by atoms with van der Waals surface area (Å²) < 4.78 is 0. The lowest BCUT2D eigenvalue weighted by atomic mass is 9.92. The summed E-state index contributed by atoms with van der Waals surface area (Å²) in [5, 5.41) is 0. The predicted octanol–water partition coefficient (Wildman–Crippen LogP) is 0.914. The van der Waals surface area contributed by atoms with E-state index in [1.54, 1.807) is 0 Å². The van der Waals surface area contributed by atoms with E-state index >= 15 is 0 Å². The van der Waals surface area contributed by atoms with Crippen LogP contribution in [0.15, 0.2) is 0 Å². The molecule has 1 aliphatic rings. The van der Waals surface area contributed by atoms with E-state index in [-0.39, 0.29) is 17.4 Å². The minimum Gasteiger partial charge on any atom is -0.344 e. The third-order valence-electron chi connectivity index (χ3n) is 3.42. The number of rotatable bonds is 4. The van der Waals surface area contributed by atoms with Crippen molar-refractivity contribution in [2.75, 3.05) is 33.2 Å². The van der Waals surface area contributed by atoms with Gasteiger partial charge in [-0.3, -0.25) is 9.69 Å². The van der Waals surface area contributed by atoms with Crippen LogP contribution in [-0.4, -0.2) is 55.0 Å². The van der Waals surface area contributed by atoms with Crippen LogP contribution >= 0.6 is 0 Å². The monoisotopic (exact) mass is 241 g/mol. The maximum Gasteiger partial charge on any atom is 0.240 e. The minimum absolute atomic E-state index is 0.131. The summed E-state index contributed by atoms with van der Waals surface area (Å²) >= 11 is 0. The van der Waals surface area contributed by atoms with Gasteiger partial charge in [0.25, 0.3) is 0 Å². The zero-order chi connectivity index (χ0) is 13.1. The van der Waals surface area contributed by atoms with Crippen LogP contribution in [-0.2, 0) is 4.79 Å². The van der Waals surface area contributed by atoms with Gasteiger partial charge in [0.1, 0.15) is 6.04 Å². The molecule has 1 saturated heterocycles. The molecule has 0 aromatic heterocycles. The summed E-state index contributed by atoms with van der Waals surface area (Å²) in [4.78, 5) is 16.4. The van der Waals surface area contributed by atoms with E-state index in [0.717, 1.165) is 32.5 Å². The van der Waals surface area contributed by atoms with Gasteiger partial charge < -0.3 is 10.6 Å². The van der Waals surface area contributed by atoms with Crippen molar-refractivity contribution in [3.63, 3.8) is 0 Å². The fourth-order valence-corrected chi connectivity index (χ4v) is 2.69. The number of nitrogens with zero attached hydrogens (tertiary/aromatic N) is 2. The fraction of sp³-hybridized carbons (Fsp3) is 0.923. The van der Waals surface area contributed by atoms with Crippen LogP contribution in [0.4, 0.5) is 0 Å². The lowest BCUT2D eigenvalue weighted by molar-refractivity contribution is -0.134. The van der Waals surface area contributed by atoms with Crippen LogP contribution in [0, 0.1) is 5.41 Å². The Kier molecular flexibility index (Phi) is 4.95. The first-order chi connectivity index (χ1) is 7.91. The van der Waals surface area contributed by atoms with Crippen molar-refractivity contribution in [3.8, 4) is 0 Å². The minimum atomic E-state index is -0.131. The molecule has 1 heterocycles. The summed E-state index contributed by atoms with van der Waals surface area (Å²) in [6.07, 6.45) is 2.28. The molecule has 0 saturated carbocycles. The smallest absolute Gasteiger partial charge is 0.240 e. The van der Waals surface area contributed by atoms with Gasteiger partial charge in [0, 0.05) is 26.7 Å². The number of carbonyl (C=O) groups excluding carboxylic acids is 1. The van der Waals surface area contributed by atoms with Crippen LogP contribution in [0.2, 0.25) is 0 Å². The summed E-state index contributed by atoms with van der Waals surface area (Å²) in [6.45, 7) is 9.76. The molecule has 1 amide bonds. The predicted molar refractivity (Wildman–Crippen MR) is 70.7 cm³/mol. The Bertz CT molecular complexity index is 265. The van der Waals surface area contributed by atoms with E-state index in [0.29, 0.717) is 6.54 Å². The maximum absolute atomic E-state index is 12.2. The highest BCUT2D eigenvalue weighted by Gasteiger charge is 2.36. The van der Waals surface area contributed by atoms with E-state index < -0.39 is 0 Å². The van der Waals surface area contributed by atoms with Crippen molar-refractivity contribution in [3.05, 3.63) is 0 Å². The van der Waals surface area contributed by atoms with Crippen LogP contribution in [0.1, 0.15) is 33.6 Å². The van der Waals surface area contributed by atoms with Gasteiger partial charge in [-0.25, -0.2) is 0 Å². The van der Waals surface area contributed by atoms with Crippen molar-refractivity contribution < 1.29 is 4.79 Å². The Balaban J connectivity index is 2.85. The summed E-state index contributed by atoms with van der Waals surface area (Å²) in [6, 6.07) is -0.131. The maximum atomic E-state index is 12.2. The number of unbranched alkanes of at least 4 members (excludes halogenated alkanes) is 1. The first-order valence-corrected chi connectivity index (χ1v) is 6.60. The van der Waals surface area contributed by atoms with E-state index in [4.69, 9.17) is 5.73 Å². The number of hydrogen-bond acceptors (Lipinski definition) is 3. The summed E-state index contributed by atoms with van der Waals surface area (Å²) in [5.41, 5.74) is 5.93. The van der Waals surface area contributed by atoms with Gasteiger partial charge in [-0.2, -0.15) is 0 Å². The molecule has 0 spiro atoms. The molecule has 0 aromatic rings. The van der Waals surface area contributed by atoms with E-state index in [9.17, 15) is 4.79 Å². The van der Waals surface area contributed by atoms with E-state index in [2.05, 4.69) is 25.7 Å².